The lowest BCUT2D eigenvalue weighted by molar-refractivity contribution is 0.477. The number of rotatable bonds is 7. The monoisotopic (exact) mass is 411 g/mol. The fourth-order valence-electron chi connectivity index (χ4n) is 3.46. The van der Waals surface area contributed by atoms with Gasteiger partial charge >= 0.3 is 0 Å². The van der Waals surface area contributed by atoms with Gasteiger partial charge in [-0.1, -0.05) is 30.3 Å². The fraction of sp³-hybridized carbons (Fsp3) is 0.333. The summed E-state index contributed by atoms with van der Waals surface area (Å²) >= 11 is 0. The van der Waals surface area contributed by atoms with Crippen LogP contribution in [0.5, 0.6) is 0 Å². The molecule has 1 aromatic carbocycles. The number of nitrogens with zero attached hydrogens (tertiary/aromatic N) is 4. The van der Waals surface area contributed by atoms with Gasteiger partial charge in [-0.15, -0.1) is 0 Å². The lowest BCUT2D eigenvalue weighted by Crippen LogP contribution is -2.27. The molecule has 8 heteroatoms. The molecule has 1 saturated heterocycles. The van der Waals surface area contributed by atoms with Gasteiger partial charge in [-0.05, 0) is 37.5 Å². The molecule has 1 N–H and O–H groups in total. The maximum absolute atomic E-state index is 12.6. The summed E-state index contributed by atoms with van der Waals surface area (Å²) in [6.07, 6.45) is 7.12. The number of sulfonamides is 1. The minimum absolute atomic E-state index is 0.00642. The van der Waals surface area contributed by atoms with Crippen molar-refractivity contribution >= 4 is 15.8 Å². The highest BCUT2D eigenvalue weighted by Gasteiger charge is 2.27. The topological polar surface area (TPSA) is 80.1 Å². The normalized spacial score (nSPS) is 16.0. The van der Waals surface area contributed by atoms with Crippen molar-refractivity contribution < 1.29 is 8.42 Å². The van der Waals surface area contributed by atoms with E-state index in [0.29, 0.717) is 18.9 Å². The molecule has 3 aromatic rings. The van der Waals surface area contributed by atoms with E-state index < -0.39 is 10.0 Å². The Morgan fingerprint density at radius 3 is 2.52 bits per heavy atom. The Bertz CT molecular complexity index is 1040. The predicted molar refractivity (Wildman–Crippen MR) is 112 cm³/mol. The minimum Gasteiger partial charge on any atom is -0.363 e. The van der Waals surface area contributed by atoms with Gasteiger partial charge in [0.25, 0.3) is 0 Å². The molecule has 0 saturated carbocycles. The zero-order valence-electron chi connectivity index (χ0n) is 16.4. The first-order valence-corrected chi connectivity index (χ1v) is 11.3. The number of aromatic nitrogens is 3. The molecule has 3 heterocycles. The van der Waals surface area contributed by atoms with Crippen LogP contribution in [0.15, 0.2) is 66.0 Å². The third-order valence-electron chi connectivity index (χ3n) is 5.14. The summed E-state index contributed by atoms with van der Waals surface area (Å²) < 4.78 is 28.6. The number of hydrogen-bond acceptors (Lipinski definition) is 5. The molecule has 2 aromatic heterocycles. The minimum atomic E-state index is -3.43. The average Bonchev–Trinajstić information content (AvgIpc) is 3.42. The maximum Gasteiger partial charge on any atom is 0.244 e. The van der Waals surface area contributed by atoms with E-state index in [2.05, 4.69) is 27.5 Å². The summed E-state index contributed by atoms with van der Waals surface area (Å²) in [6, 6.07) is 13.5. The Kier molecular flexibility index (Phi) is 5.64. The summed E-state index contributed by atoms with van der Waals surface area (Å²) in [7, 11) is -3.43. The van der Waals surface area contributed by atoms with E-state index in [-0.39, 0.29) is 10.9 Å². The van der Waals surface area contributed by atoms with Crippen molar-refractivity contribution in [2.24, 2.45) is 0 Å². The molecule has 1 aliphatic heterocycles. The van der Waals surface area contributed by atoms with Crippen molar-refractivity contribution in [1.29, 1.82) is 0 Å². The van der Waals surface area contributed by atoms with Gasteiger partial charge in [0.15, 0.2) is 0 Å². The lowest BCUT2D eigenvalue weighted by Gasteiger charge is -2.16. The van der Waals surface area contributed by atoms with Gasteiger partial charge < -0.3 is 5.32 Å². The summed E-state index contributed by atoms with van der Waals surface area (Å²) in [5.74, 6) is 0.633. The highest BCUT2D eigenvalue weighted by atomic mass is 32.2. The van der Waals surface area contributed by atoms with Crippen LogP contribution in [-0.4, -0.2) is 40.6 Å². The first kappa shape index (κ1) is 19.6. The van der Waals surface area contributed by atoms with Gasteiger partial charge in [0, 0.05) is 31.0 Å². The van der Waals surface area contributed by atoms with Crippen LogP contribution in [0.4, 0.5) is 5.82 Å². The standard InChI is InChI=1S/C21H25N5O2S/c1-17(19-13-23-25(16-19)15-18-7-3-2-4-8-18)24-21-10-9-20(14-22-21)29(27,28)26-11-5-6-12-26/h2-4,7-10,13-14,16-17H,5-6,11-12,15H2,1H3,(H,22,24). The Labute approximate surface area is 171 Å². The largest absolute Gasteiger partial charge is 0.363 e. The molecule has 4 rings (SSSR count). The van der Waals surface area contributed by atoms with Gasteiger partial charge in [-0.3, -0.25) is 4.68 Å². The van der Waals surface area contributed by atoms with Crippen molar-refractivity contribution in [1.82, 2.24) is 19.1 Å². The zero-order chi connectivity index (χ0) is 20.3. The van der Waals surface area contributed by atoms with E-state index in [4.69, 9.17) is 0 Å². The van der Waals surface area contributed by atoms with E-state index in [1.807, 2.05) is 42.2 Å². The second-order valence-electron chi connectivity index (χ2n) is 7.31. The summed E-state index contributed by atoms with van der Waals surface area (Å²) in [6.45, 7) is 3.92. The molecule has 0 aliphatic carbocycles. The van der Waals surface area contributed by atoms with Gasteiger partial charge in [-0.2, -0.15) is 9.40 Å². The van der Waals surface area contributed by atoms with Gasteiger partial charge in [0.05, 0.1) is 18.8 Å². The Hall–Kier alpha value is -2.71. The second-order valence-corrected chi connectivity index (χ2v) is 9.25. The third kappa shape index (κ3) is 4.49. The van der Waals surface area contributed by atoms with Gasteiger partial charge in [0.2, 0.25) is 10.0 Å². The average molecular weight is 412 g/mol. The smallest absolute Gasteiger partial charge is 0.244 e. The number of benzene rings is 1. The van der Waals surface area contributed by atoms with E-state index >= 15 is 0 Å². The highest BCUT2D eigenvalue weighted by Crippen LogP contribution is 2.22. The van der Waals surface area contributed by atoms with Crippen LogP contribution >= 0.6 is 0 Å². The van der Waals surface area contributed by atoms with Crippen molar-refractivity contribution in [3.63, 3.8) is 0 Å². The molecule has 29 heavy (non-hydrogen) atoms. The van der Waals surface area contributed by atoms with Crippen LogP contribution < -0.4 is 5.32 Å². The van der Waals surface area contributed by atoms with E-state index in [9.17, 15) is 8.42 Å². The molecule has 152 valence electrons. The van der Waals surface area contributed by atoms with E-state index in [1.165, 1.54) is 16.1 Å². The molecule has 1 fully saturated rings. The maximum atomic E-state index is 12.6. The van der Waals surface area contributed by atoms with Crippen LogP contribution in [0.2, 0.25) is 0 Å². The van der Waals surface area contributed by atoms with Crippen molar-refractivity contribution in [3.05, 3.63) is 72.2 Å². The number of hydrogen-bond donors (Lipinski definition) is 1. The van der Waals surface area contributed by atoms with Gasteiger partial charge in [0.1, 0.15) is 10.7 Å². The van der Waals surface area contributed by atoms with Crippen LogP contribution in [-0.2, 0) is 16.6 Å². The van der Waals surface area contributed by atoms with Crippen LogP contribution in [0.3, 0.4) is 0 Å². The van der Waals surface area contributed by atoms with Crippen molar-refractivity contribution in [2.75, 3.05) is 18.4 Å². The molecule has 1 aliphatic rings. The molecular weight excluding hydrogens is 386 g/mol. The molecule has 1 atom stereocenters. The predicted octanol–water partition coefficient (Wildman–Crippen LogP) is 3.28. The first-order valence-electron chi connectivity index (χ1n) is 9.81. The molecular formula is C21H25N5O2S. The SMILES string of the molecule is CC(Nc1ccc(S(=O)(=O)N2CCCC2)cn1)c1cnn(Cc2ccccc2)c1. The molecule has 0 bridgehead atoms. The molecule has 0 spiro atoms. The quantitative estimate of drug-likeness (QED) is 0.645. The third-order valence-corrected chi connectivity index (χ3v) is 7.03. The van der Waals surface area contributed by atoms with Crippen LogP contribution in [0, 0.1) is 0 Å². The molecule has 7 nitrogen and oxygen atoms in total. The van der Waals surface area contributed by atoms with Crippen LogP contribution in [0.25, 0.3) is 0 Å². The number of pyridine rings is 1. The molecule has 1 unspecified atom stereocenters. The first-order chi connectivity index (χ1) is 14.0. The number of anilines is 1. The lowest BCUT2D eigenvalue weighted by atomic mass is 10.2. The number of nitrogens with one attached hydrogen (secondary N) is 1. The van der Waals surface area contributed by atoms with Gasteiger partial charge in [-0.25, -0.2) is 13.4 Å². The molecule has 0 amide bonds. The Balaban J connectivity index is 1.40. The van der Waals surface area contributed by atoms with Crippen molar-refractivity contribution in [3.8, 4) is 0 Å². The van der Waals surface area contributed by atoms with E-state index in [1.54, 1.807) is 12.1 Å². The summed E-state index contributed by atoms with van der Waals surface area (Å²) in [5, 5.41) is 7.75. The van der Waals surface area contributed by atoms with Crippen LogP contribution in [0.1, 0.15) is 36.9 Å². The highest BCUT2D eigenvalue weighted by molar-refractivity contribution is 7.89. The Morgan fingerprint density at radius 1 is 1.07 bits per heavy atom. The summed E-state index contributed by atoms with van der Waals surface area (Å²) in [4.78, 5) is 4.56. The summed E-state index contributed by atoms with van der Waals surface area (Å²) in [5.41, 5.74) is 2.23. The zero-order valence-corrected chi connectivity index (χ0v) is 17.2. The van der Waals surface area contributed by atoms with E-state index in [0.717, 1.165) is 24.9 Å². The second kappa shape index (κ2) is 8.34. The Morgan fingerprint density at radius 2 is 1.83 bits per heavy atom. The van der Waals surface area contributed by atoms with Crippen molar-refractivity contribution in [2.45, 2.75) is 37.2 Å². The fourth-order valence-corrected chi connectivity index (χ4v) is 4.92. The molecule has 0 radical (unpaired) electrons.